The van der Waals surface area contributed by atoms with Crippen molar-refractivity contribution in [1.29, 1.82) is 0 Å². The standard InChI is InChI=1S/C12H20N6/c1-3-5-13-10(11-15-9-16-17-11)12-14-6-8-18(12)7-4-2/h6,8-10,13H,3-5,7H2,1-2H3,(H,15,16,17). The average Bonchev–Trinajstić information content (AvgIpc) is 3.02. The van der Waals surface area contributed by atoms with Gasteiger partial charge in [0.1, 0.15) is 24.0 Å². The number of hydrogen-bond donors (Lipinski definition) is 2. The quantitative estimate of drug-likeness (QED) is 0.779. The first kappa shape index (κ1) is 12.8. The van der Waals surface area contributed by atoms with Crippen molar-refractivity contribution >= 4 is 0 Å². The molecule has 2 N–H and O–H groups in total. The van der Waals surface area contributed by atoms with Crippen LogP contribution in [0.4, 0.5) is 0 Å². The molecule has 0 saturated carbocycles. The van der Waals surface area contributed by atoms with E-state index < -0.39 is 0 Å². The Balaban J connectivity index is 2.24. The molecule has 98 valence electrons. The summed E-state index contributed by atoms with van der Waals surface area (Å²) in [6.07, 6.45) is 7.53. The van der Waals surface area contributed by atoms with Gasteiger partial charge in [0.15, 0.2) is 0 Å². The van der Waals surface area contributed by atoms with Crippen molar-refractivity contribution in [3.63, 3.8) is 0 Å². The van der Waals surface area contributed by atoms with Gasteiger partial charge in [-0.25, -0.2) is 9.97 Å². The third-order valence-corrected chi connectivity index (χ3v) is 2.78. The maximum atomic E-state index is 4.46. The first-order valence-electron chi connectivity index (χ1n) is 6.46. The smallest absolute Gasteiger partial charge is 0.149 e. The fourth-order valence-corrected chi connectivity index (χ4v) is 1.96. The van der Waals surface area contributed by atoms with Gasteiger partial charge in [-0.2, -0.15) is 5.10 Å². The maximum absolute atomic E-state index is 4.46. The Morgan fingerprint density at radius 2 is 2.22 bits per heavy atom. The molecule has 6 heteroatoms. The van der Waals surface area contributed by atoms with Crippen LogP contribution < -0.4 is 5.32 Å². The summed E-state index contributed by atoms with van der Waals surface area (Å²) in [5.41, 5.74) is 0. The molecule has 0 radical (unpaired) electrons. The van der Waals surface area contributed by atoms with Crippen LogP contribution in [0.1, 0.15) is 44.4 Å². The molecule has 0 aliphatic carbocycles. The fraction of sp³-hybridized carbons (Fsp3) is 0.583. The van der Waals surface area contributed by atoms with Gasteiger partial charge < -0.3 is 9.88 Å². The molecular formula is C12H20N6. The van der Waals surface area contributed by atoms with Gasteiger partial charge in [0.25, 0.3) is 0 Å². The van der Waals surface area contributed by atoms with Crippen LogP contribution in [0.15, 0.2) is 18.7 Å². The van der Waals surface area contributed by atoms with Crippen molar-refractivity contribution in [3.8, 4) is 0 Å². The molecule has 1 unspecified atom stereocenters. The van der Waals surface area contributed by atoms with Gasteiger partial charge >= 0.3 is 0 Å². The Hall–Kier alpha value is -1.69. The SMILES string of the molecule is CCCNC(c1ncn[nH]1)c1nccn1CCC. The summed E-state index contributed by atoms with van der Waals surface area (Å²) in [6, 6.07) is -0.0194. The lowest BCUT2D eigenvalue weighted by molar-refractivity contribution is 0.513. The minimum atomic E-state index is -0.0194. The molecule has 2 rings (SSSR count). The average molecular weight is 248 g/mol. The first-order valence-corrected chi connectivity index (χ1v) is 6.46. The zero-order chi connectivity index (χ0) is 12.8. The lowest BCUT2D eigenvalue weighted by Crippen LogP contribution is -2.27. The van der Waals surface area contributed by atoms with Crippen molar-refractivity contribution in [2.75, 3.05) is 6.54 Å². The zero-order valence-corrected chi connectivity index (χ0v) is 10.9. The van der Waals surface area contributed by atoms with E-state index in [0.29, 0.717) is 0 Å². The largest absolute Gasteiger partial charge is 0.333 e. The number of aromatic nitrogens is 5. The predicted octanol–water partition coefficient (Wildman–Crippen LogP) is 1.50. The van der Waals surface area contributed by atoms with Crippen LogP contribution in [0, 0.1) is 0 Å². The molecule has 1 atom stereocenters. The van der Waals surface area contributed by atoms with E-state index in [9.17, 15) is 0 Å². The molecule has 2 aromatic heterocycles. The number of aromatic amines is 1. The Bertz CT molecular complexity index is 447. The van der Waals surface area contributed by atoms with E-state index in [1.54, 1.807) is 0 Å². The predicted molar refractivity (Wildman–Crippen MR) is 69.0 cm³/mol. The van der Waals surface area contributed by atoms with Gasteiger partial charge in [-0.1, -0.05) is 13.8 Å². The van der Waals surface area contributed by atoms with Crippen LogP contribution in [0.25, 0.3) is 0 Å². The number of rotatable bonds is 7. The van der Waals surface area contributed by atoms with E-state index in [1.165, 1.54) is 6.33 Å². The molecule has 0 spiro atoms. The van der Waals surface area contributed by atoms with Crippen molar-refractivity contribution < 1.29 is 0 Å². The molecular weight excluding hydrogens is 228 g/mol. The van der Waals surface area contributed by atoms with Crippen LogP contribution in [-0.4, -0.2) is 31.3 Å². The molecule has 18 heavy (non-hydrogen) atoms. The second-order valence-corrected chi connectivity index (χ2v) is 4.24. The molecule has 0 aromatic carbocycles. The minimum Gasteiger partial charge on any atom is -0.333 e. The van der Waals surface area contributed by atoms with Crippen LogP contribution in [-0.2, 0) is 6.54 Å². The zero-order valence-electron chi connectivity index (χ0n) is 10.9. The van der Waals surface area contributed by atoms with Gasteiger partial charge in [-0.3, -0.25) is 5.10 Å². The van der Waals surface area contributed by atoms with Gasteiger partial charge in [0.2, 0.25) is 0 Å². The second-order valence-electron chi connectivity index (χ2n) is 4.24. The molecule has 0 bridgehead atoms. The monoisotopic (exact) mass is 248 g/mol. The highest BCUT2D eigenvalue weighted by Crippen LogP contribution is 2.17. The summed E-state index contributed by atoms with van der Waals surface area (Å²) in [7, 11) is 0. The number of imidazole rings is 1. The molecule has 0 aliphatic rings. The number of nitrogens with one attached hydrogen (secondary N) is 2. The number of nitrogens with zero attached hydrogens (tertiary/aromatic N) is 4. The van der Waals surface area contributed by atoms with Crippen molar-refractivity contribution in [2.24, 2.45) is 0 Å². The summed E-state index contributed by atoms with van der Waals surface area (Å²) in [5, 5.41) is 10.3. The fourth-order valence-electron chi connectivity index (χ4n) is 1.96. The Morgan fingerprint density at radius 1 is 1.33 bits per heavy atom. The molecule has 0 aliphatic heterocycles. The van der Waals surface area contributed by atoms with Gasteiger partial charge in [0.05, 0.1) is 0 Å². The Labute approximate surface area is 107 Å². The van der Waals surface area contributed by atoms with E-state index in [-0.39, 0.29) is 6.04 Å². The summed E-state index contributed by atoms with van der Waals surface area (Å²) in [4.78, 5) is 8.70. The number of hydrogen-bond acceptors (Lipinski definition) is 4. The third kappa shape index (κ3) is 2.76. The van der Waals surface area contributed by atoms with Crippen molar-refractivity contribution in [2.45, 2.75) is 39.3 Å². The molecule has 2 heterocycles. The van der Waals surface area contributed by atoms with E-state index in [2.05, 4.69) is 43.9 Å². The van der Waals surface area contributed by atoms with Gasteiger partial charge in [-0.15, -0.1) is 0 Å². The van der Waals surface area contributed by atoms with Crippen LogP contribution >= 0.6 is 0 Å². The van der Waals surface area contributed by atoms with Crippen LogP contribution in [0.5, 0.6) is 0 Å². The van der Waals surface area contributed by atoms with Crippen LogP contribution in [0.3, 0.4) is 0 Å². The summed E-state index contributed by atoms with van der Waals surface area (Å²) in [5.74, 6) is 1.80. The topological polar surface area (TPSA) is 71.4 Å². The third-order valence-electron chi connectivity index (χ3n) is 2.78. The van der Waals surface area contributed by atoms with Crippen molar-refractivity contribution in [1.82, 2.24) is 30.0 Å². The van der Waals surface area contributed by atoms with E-state index in [4.69, 9.17) is 0 Å². The summed E-state index contributed by atoms with van der Waals surface area (Å²) in [6.45, 7) is 6.19. The molecule has 0 saturated heterocycles. The normalized spacial score (nSPS) is 12.8. The van der Waals surface area contributed by atoms with Gasteiger partial charge in [-0.05, 0) is 19.4 Å². The molecule has 2 aromatic rings. The highest BCUT2D eigenvalue weighted by Gasteiger charge is 2.20. The van der Waals surface area contributed by atoms with Crippen LogP contribution in [0.2, 0.25) is 0 Å². The van der Waals surface area contributed by atoms with Gasteiger partial charge in [0, 0.05) is 18.9 Å². The van der Waals surface area contributed by atoms with E-state index >= 15 is 0 Å². The maximum Gasteiger partial charge on any atom is 0.149 e. The lowest BCUT2D eigenvalue weighted by Gasteiger charge is -2.17. The first-order chi connectivity index (χ1) is 8.86. The summed E-state index contributed by atoms with van der Waals surface area (Å²) >= 11 is 0. The van der Waals surface area contributed by atoms with E-state index in [1.807, 2.05) is 12.4 Å². The minimum absolute atomic E-state index is 0.0194. The molecule has 0 fully saturated rings. The highest BCUT2D eigenvalue weighted by molar-refractivity contribution is 5.10. The molecule has 0 amide bonds. The van der Waals surface area contributed by atoms with Crippen molar-refractivity contribution in [3.05, 3.63) is 30.4 Å². The second kappa shape index (κ2) is 6.30. The number of aryl methyl sites for hydroxylation is 1. The Kier molecular flexibility index (Phi) is 4.46. The lowest BCUT2D eigenvalue weighted by atomic mass is 10.2. The highest BCUT2D eigenvalue weighted by atomic mass is 15.2. The number of H-pyrrole nitrogens is 1. The van der Waals surface area contributed by atoms with E-state index in [0.717, 1.165) is 37.6 Å². The molecule has 6 nitrogen and oxygen atoms in total. The summed E-state index contributed by atoms with van der Waals surface area (Å²) < 4.78 is 2.16. The Morgan fingerprint density at radius 3 is 2.89 bits per heavy atom.